The number of hydrogen-bond donors (Lipinski definition) is 3. The summed E-state index contributed by atoms with van der Waals surface area (Å²) in [5.74, 6) is 0.310. The van der Waals surface area contributed by atoms with E-state index in [2.05, 4.69) is 20.3 Å². The van der Waals surface area contributed by atoms with Gasteiger partial charge in [-0.3, -0.25) is 14.6 Å². The predicted octanol–water partition coefficient (Wildman–Crippen LogP) is -0.0219. The van der Waals surface area contributed by atoms with Gasteiger partial charge in [0.2, 0.25) is 11.8 Å². The fourth-order valence-electron chi connectivity index (χ4n) is 2.57. The van der Waals surface area contributed by atoms with Crippen molar-refractivity contribution in [1.29, 1.82) is 0 Å². The number of carbonyl (C=O) groups excluding carboxylic acids is 1. The quantitative estimate of drug-likeness (QED) is 0.621. The highest BCUT2D eigenvalue weighted by molar-refractivity contribution is 5.88. The third-order valence-corrected chi connectivity index (χ3v) is 3.97. The van der Waals surface area contributed by atoms with Crippen molar-refractivity contribution in [1.82, 2.24) is 19.9 Å². The molecular formula is C17H20N6O3. The second kappa shape index (κ2) is 7.79. The highest BCUT2D eigenvalue weighted by atomic mass is 16.5. The number of rotatable bonds is 6. The van der Waals surface area contributed by atoms with Crippen molar-refractivity contribution in [2.45, 2.75) is 6.04 Å². The molecule has 0 aromatic carbocycles. The molecule has 2 aromatic rings. The number of nitrogens with zero attached hydrogens (tertiary/aromatic N) is 3. The van der Waals surface area contributed by atoms with Gasteiger partial charge in [-0.2, -0.15) is 0 Å². The molecule has 136 valence electrons. The topological polar surface area (TPSA) is 126 Å². The van der Waals surface area contributed by atoms with Crippen molar-refractivity contribution in [2.75, 3.05) is 32.1 Å². The molecule has 0 spiro atoms. The molecule has 0 saturated carbocycles. The van der Waals surface area contributed by atoms with Crippen LogP contribution in [0.15, 0.2) is 41.6 Å². The number of nitrogens with one attached hydrogen (secondary N) is 2. The van der Waals surface area contributed by atoms with E-state index in [9.17, 15) is 9.59 Å². The van der Waals surface area contributed by atoms with E-state index in [-0.39, 0.29) is 17.5 Å². The lowest BCUT2D eigenvalue weighted by Gasteiger charge is -2.39. The Morgan fingerprint density at radius 3 is 3.04 bits per heavy atom. The van der Waals surface area contributed by atoms with Gasteiger partial charge in [0, 0.05) is 37.5 Å². The molecule has 1 saturated heterocycles. The van der Waals surface area contributed by atoms with Crippen LogP contribution in [0.2, 0.25) is 0 Å². The normalized spacial score (nSPS) is 14.3. The molecule has 4 N–H and O–H groups in total. The molecule has 0 radical (unpaired) electrons. The number of nitrogens with two attached hydrogens (primary N) is 1. The smallest absolute Gasteiger partial charge is 0.271 e. The van der Waals surface area contributed by atoms with Gasteiger partial charge in [0.05, 0.1) is 31.2 Å². The molecule has 26 heavy (non-hydrogen) atoms. The third-order valence-electron chi connectivity index (χ3n) is 3.97. The third kappa shape index (κ3) is 3.89. The van der Waals surface area contributed by atoms with Crippen molar-refractivity contribution in [3.63, 3.8) is 0 Å². The summed E-state index contributed by atoms with van der Waals surface area (Å²) in [5.41, 5.74) is 6.81. The van der Waals surface area contributed by atoms with Crippen LogP contribution in [0.5, 0.6) is 5.88 Å². The predicted molar refractivity (Wildman–Crippen MR) is 96.8 cm³/mol. The zero-order valence-electron chi connectivity index (χ0n) is 14.3. The van der Waals surface area contributed by atoms with E-state index in [0.29, 0.717) is 42.5 Å². The van der Waals surface area contributed by atoms with Crippen LogP contribution in [0.1, 0.15) is 0 Å². The van der Waals surface area contributed by atoms with Crippen LogP contribution < -0.4 is 21.3 Å². The summed E-state index contributed by atoms with van der Waals surface area (Å²) in [4.78, 5) is 36.6. The van der Waals surface area contributed by atoms with Gasteiger partial charge in [-0.05, 0) is 6.07 Å². The number of pyridine rings is 1. The Morgan fingerprint density at radius 1 is 1.50 bits per heavy atom. The van der Waals surface area contributed by atoms with Crippen LogP contribution in [0.25, 0.3) is 11.3 Å². The molecule has 3 rings (SSSR count). The summed E-state index contributed by atoms with van der Waals surface area (Å²) in [6.07, 6.45) is 7.75. The lowest BCUT2D eigenvalue weighted by atomic mass is 10.1. The van der Waals surface area contributed by atoms with Gasteiger partial charge in [-0.15, -0.1) is 0 Å². The van der Waals surface area contributed by atoms with E-state index in [1.54, 1.807) is 29.4 Å². The van der Waals surface area contributed by atoms with Crippen molar-refractivity contribution in [2.24, 2.45) is 5.73 Å². The minimum absolute atomic E-state index is 0.0120. The lowest BCUT2D eigenvalue weighted by Crippen LogP contribution is -2.57. The number of aromatic amines is 1. The largest absolute Gasteiger partial charge is 0.480 e. The molecule has 2 aromatic heterocycles. The van der Waals surface area contributed by atoms with Gasteiger partial charge in [0.1, 0.15) is 5.69 Å². The van der Waals surface area contributed by atoms with Gasteiger partial charge in [0.25, 0.3) is 5.56 Å². The van der Waals surface area contributed by atoms with Crippen LogP contribution >= 0.6 is 0 Å². The fourth-order valence-corrected chi connectivity index (χ4v) is 2.57. The number of likely N-dealkylation sites (tertiary alicyclic amines) is 1. The lowest BCUT2D eigenvalue weighted by molar-refractivity contribution is -0.129. The van der Waals surface area contributed by atoms with Crippen LogP contribution in [0.3, 0.4) is 0 Å². The van der Waals surface area contributed by atoms with E-state index in [1.165, 1.54) is 19.4 Å². The molecule has 1 aliphatic rings. The maximum Gasteiger partial charge on any atom is 0.271 e. The van der Waals surface area contributed by atoms with Gasteiger partial charge in [0.15, 0.2) is 0 Å². The summed E-state index contributed by atoms with van der Waals surface area (Å²) in [7, 11) is 1.51. The van der Waals surface area contributed by atoms with Crippen molar-refractivity contribution < 1.29 is 9.53 Å². The molecule has 3 heterocycles. The average molecular weight is 356 g/mol. The van der Waals surface area contributed by atoms with Crippen molar-refractivity contribution in [3.05, 3.63) is 47.2 Å². The van der Waals surface area contributed by atoms with E-state index >= 15 is 0 Å². The van der Waals surface area contributed by atoms with Crippen LogP contribution in [-0.2, 0) is 4.79 Å². The van der Waals surface area contributed by atoms with E-state index in [0.717, 1.165) is 0 Å². The summed E-state index contributed by atoms with van der Waals surface area (Å²) < 4.78 is 5.07. The van der Waals surface area contributed by atoms with Gasteiger partial charge in [-0.25, -0.2) is 4.98 Å². The van der Waals surface area contributed by atoms with E-state index in [4.69, 9.17) is 10.5 Å². The first-order chi connectivity index (χ1) is 12.6. The summed E-state index contributed by atoms with van der Waals surface area (Å²) in [5, 5.41) is 3.16. The number of anilines is 1. The Bertz CT molecular complexity index is 873. The van der Waals surface area contributed by atoms with E-state index < -0.39 is 0 Å². The summed E-state index contributed by atoms with van der Waals surface area (Å²) in [6.45, 7) is 1.38. The molecule has 0 atom stereocenters. The fraction of sp³-hybridized carbons (Fsp3) is 0.294. The SMILES string of the molecule is COc1cncc(-c2c[nH]c(=O)c(NC3CN(C(=O)/C=C/CN)C3)c2)n1. The van der Waals surface area contributed by atoms with E-state index in [1.807, 2.05) is 0 Å². The Hall–Kier alpha value is -3.20. The zero-order valence-corrected chi connectivity index (χ0v) is 14.3. The van der Waals surface area contributed by atoms with Gasteiger partial charge < -0.3 is 25.7 Å². The Morgan fingerprint density at radius 2 is 2.31 bits per heavy atom. The molecule has 1 fully saturated rings. The Labute approximate surface area is 149 Å². The minimum Gasteiger partial charge on any atom is -0.480 e. The van der Waals surface area contributed by atoms with Crippen molar-refractivity contribution >= 4 is 11.6 Å². The number of methoxy groups -OCH3 is 1. The van der Waals surface area contributed by atoms with Crippen LogP contribution in [0, 0.1) is 0 Å². The number of ether oxygens (including phenoxy) is 1. The van der Waals surface area contributed by atoms with Gasteiger partial charge >= 0.3 is 0 Å². The standard InChI is InChI=1S/C17H20N6O3/c1-26-15-8-19-7-14(22-15)11-5-13(17(25)20-6-11)21-12-9-23(10-12)16(24)3-2-4-18/h2-3,5-8,12,21H,4,9-10,18H2,1H3,(H,20,25)/b3-2+. The average Bonchev–Trinajstić information content (AvgIpc) is 2.63. The number of carbonyl (C=O) groups is 1. The number of hydrogen-bond acceptors (Lipinski definition) is 7. The molecule has 9 heteroatoms. The van der Waals surface area contributed by atoms with Crippen LogP contribution in [0.4, 0.5) is 5.69 Å². The first-order valence-corrected chi connectivity index (χ1v) is 8.12. The number of H-pyrrole nitrogens is 1. The Balaban J connectivity index is 1.69. The molecule has 1 amide bonds. The number of amides is 1. The second-order valence-electron chi connectivity index (χ2n) is 5.80. The summed E-state index contributed by atoms with van der Waals surface area (Å²) in [6, 6.07) is 1.72. The Kier molecular flexibility index (Phi) is 5.28. The second-order valence-corrected chi connectivity index (χ2v) is 5.80. The monoisotopic (exact) mass is 356 g/mol. The maximum atomic E-state index is 12.1. The maximum absolute atomic E-state index is 12.1. The molecule has 1 aliphatic heterocycles. The minimum atomic E-state index is -0.239. The highest BCUT2D eigenvalue weighted by Crippen LogP contribution is 2.20. The summed E-state index contributed by atoms with van der Waals surface area (Å²) >= 11 is 0. The highest BCUT2D eigenvalue weighted by Gasteiger charge is 2.29. The molecular weight excluding hydrogens is 336 g/mol. The molecule has 0 aliphatic carbocycles. The van der Waals surface area contributed by atoms with Crippen LogP contribution in [-0.4, -0.2) is 58.5 Å². The van der Waals surface area contributed by atoms with Crippen molar-refractivity contribution in [3.8, 4) is 17.1 Å². The number of aromatic nitrogens is 3. The first kappa shape index (κ1) is 17.6. The zero-order chi connectivity index (χ0) is 18.5. The molecule has 0 bridgehead atoms. The first-order valence-electron chi connectivity index (χ1n) is 8.12. The molecule has 9 nitrogen and oxygen atoms in total. The van der Waals surface area contributed by atoms with Gasteiger partial charge in [-0.1, -0.05) is 6.08 Å². The molecule has 0 unspecified atom stereocenters.